The molecule has 0 saturated carbocycles. The zero-order chi connectivity index (χ0) is 23.4. The molecule has 2 N–H and O–H groups in total. The van der Waals surface area contributed by atoms with E-state index in [4.69, 9.17) is 9.47 Å². The molecule has 1 fully saturated rings. The predicted octanol–water partition coefficient (Wildman–Crippen LogP) is 3.60. The lowest BCUT2D eigenvalue weighted by Crippen LogP contribution is -2.53. The van der Waals surface area contributed by atoms with Gasteiger partial charge in [0.15, 0.2) is 11.6 Å². The molecule has 1 aliphatic rings. The minimum Gasteiger partial charge on any atom is -0.383 e. The first-order valence-electron chi connectivity index (χ1n) is 10.2. The van der Waals surface area contributed by atoms with Gasteiger partial charge in [-0.1, -0.05) is 32.0 Å². The standard InChI is InChI=1S/C22H30F3NO5/c1-20(2)13-30-21(3,4)31-18(20)16(27)10-7-11-17(28)19(29)26-12-14-8-5-6-9-15(14)22(23,24)25/h5-6,8-9,17-18,28H,7,10-13H2,1-4H3,(H,26,29)/t17?,18-/m0/s1. The van der Waals surface area contributed by atoms with E-state index in [2.05, 4.69) is 5.32 Å². The molecule has 0 aromatic heterocycles. The zero-order valence-corrected chi connectivity index (χ0v) is 18.2. The van der Waals surface area contributed by atoms with E-state index in [0.717, 1.165) is 6.07 Å². The van der Waals surface area contributed by atoms with Gasteiger partial charge in [0.1, 0.15) is 12.2 Å². The number of ketones is 1. The van der Waals surface area contributed by atoms with Crippen LogP contribution in [0.2, 0.25) is 0 Å². The number of ether oxygens (including phenoxy) is 2. The van der Waals surface area contributed by atoms with Crippen LogP contribution in [-0.2, 0) is 31.8 Å². The summed E-state index contributed by atoms with van der Waals surface area (Å²) in [4.78, 5) is 24.7. The molecule has 0 spiro atoms. The number of rotatable bonds is 8. The van der Waals surface area contributed by atoms with E-state index in [1.165, 1.54) is 18.2 Å². The molecule has 2 atom stereocenters. The van der Waals surface area contributed by atoms with Crippen molar-refractivity contribution < 1.29 is 37.3 Å². The lowest BCUT2D eigenvalue weighted by molar-refractivity contribution is -0.303. The maximum Gasteiger partial charge on any atom is 0.416 e. The van der Waals surface area contributed by atoms with Gasteiger partial charge in [0, 0.05) is 18.4 Å². The Morgan fingerprint density at radius 2 is 1.87 bits per heavy atom. The Balaban J connectivity index is 1.83. The molecular formula is C22H30F3NO5. The van der Waals surface area contributed by atoms with E-state index in [1.807, 2.05) is 13.8 Å². The molecule has 31 heavy (non-hydrogen) atoms. The number of Topliss-reactive ketones (excluding diaryl/α,β-unsaturated/α-hetero) is 1. The fourth-order valence-electron chi connectivity index (χ4n) is 3.40. The molecule has 1 saturated heterocycles. The van der Waals surface area contributed by atoms with Gasteiger partial charge in [-0.05, 0) is 38.3 Å². The van der Waals surface area contributed by atoms with E-state index in [-0.39, 0.29) is 37.2 Å². The van der Waals surface area contributed by atoms with Crippen LogP contribution in [0, 0.1) is 5.41 Å². The molecule has 9 heteroatoms. The molecule has 1 heterocycles. The highest BCUT2D eigenvalue weighted by molar-refractivity contribution is 5.84. The number of hydrogen-bond acceptors (Lipinski definition) is 5. The van der Waals surface area contributed by atoms with Gasteiger partial charge in [-0.15, -0.1) is 0 Å². The third-order valence-electron chi connectivity index (χ3n) is 5.17. The summed E-state index contributed by atoms with van der Waals surface area (Å²) in [5, 5.41) is 12.4. The third kappa shape index (κ3) is 7.02. The number of benzene rings is 1. The van der Waals surface area contributed by atoms with Gasteiger partial charge in [0.25, 0.3) is 0 Å². The summed E-state index contributed by atoms with van der Waals surface area (Å²) in [5.74, 6) is -1.80. The number of nitrogens with one attached hydrogen (secondary N) is 1. The Morgan fingerprint density at radius 1 is 1.23 bits per heavy atom. The molecule has 6 nitrogen and oxygen atoms in total. The van der Waals surface area contributed by atoms with Crippen molar-refractivity contribution in [3.63, 3.8) is 0 Å². The minimum absolute atomic E-state index is 0.00549. The highest BCUT2D eigenvalue weighted by Gasteiger charge is 2.45. The lowest BCUT2D eigenvalue weighted by atomic mass is 9.82. The van der Waals surface area contributed by atoms with Crippen LogP contribution in [0.3, 0.4) is 0 Å². The summed E-state index contributed by atoms with van der Waals surface area (Å²) in [5.41, 5.74) is -1.43. The molecule has 0 aliphatic carbocycles. The molecule has 1 unspecified atom stereocenters. The number of alkyl halides is 3. The number of hydrogen-bond donors (Lipinski definition) is 2. The quantitative estimate of drug-likeness (QED) is 0.639. The van der Waals surface area contributed by atoms with Crippen molar-refractivity contribution in [2.24, 2.45) is 5.41 Å². The van der Waals surface area contributed by atoms with Gasteiger partial charge >= 0.3 is 6.18 Å². The molecule has 0 bridgehead atoms. The maximum absolute atomic E-state index is 13.0. The van der Waals surface area contributed by atoms with Gasteiger partial charge in [-0.2, -0.15) is 13.2 Å². The summed E-state index contributed by atoms with van der Waals surface area (Å²) in [6.07, 6.45) is -6.28. The smallest absolute Gasteiger partial charge is 0.383 e. The van der Waals surface area contributed by atoms with Crippen molar-refractivity contribution >= 4 is 11.7 Å². The predicted molar refractivity (Wildman–Crippen MR) is 107 cm³/mol. The van der Waals surface area contributed by atoms with Crippen LogP contribution in [0.25, 0.3) is 0 Å². The second-order valence-electron chi connectivity index (χ2n) is 8.92. The van der Waals surface area contributed by atoms with Crippen LogP contribution in [0.1, 0.15) is 58.1 Å². The van der Waals surface area contributed by atoms with Crippen molar-refractivity contribution in [2.75, 3.05) is 6.61 Å². The maximum atomic E-state index is 13.0. The second-order valence-corrected chi connectivity index (χ2v) is 8.92. The normalized spacial score (nSPS) is 21.4. The van der Waals surface area contributed by atoms with Gasteiger partial charge in [0.05, 0.1) is 12.2 Å². The summed E-state index contributed by atoms with van der Waals surface area (Å²) in [7, 11) is 0. The Bertz CT molecular complexity index is 792. The number of aliphatic hydroxyl groups excluding tert-OH is 1. The molecule has 1 aromatic carbocycles. The van der Waals surface area contributed by atoms with Crippen molar-refractivity contribution in [3.8, 4) is 0 Å². The van der Waals surface area contributed by atoms with Crippen LogP contribution < -0.4 is 5.32 Å². The molecule has 1 aromatic rings. The molecule has 174 valence electrons. The van der Waals surface area contributed by atoms with Crippen LogP contribution in [0.4, 0.5) is 13.2 Å². The Kier molecular flexibility index (Phi) is 7.89. The van der Waals surface area contributed by atoms with E-state index in [9.17, 15) is 27.9 Å². The van der Waals surface area contributed by atoms with E-state index in [0.29, 0.717) is 6.61 Å². The fraction of sp³-hybridized carbons (Fsp3) is 0.636. The first kappa shape index (κ1) is 25.3. The molecular weight excluding hydrogens is 415 g/mol. The van der Waals surface area contributed by atoms with Gasteiger partial charge in [0.2, 0.25) is 5.91 Å². The van der Waals surface area contributed by atoms with Crippen LogP contribution in [0.5, 0.6) is 0 Å². The summed E-state index contributed by atoms with van der Waals surface area (Å²) < 4.78 is 50.4. The van der Waals surface area contributed by atoms with Crippen LogP contribution >= 0.6 is 0 Å². The van der Waals surface area contributed by atoms with Crippen LogP contribution in [-0.4, -0.2) is 41.4 Å². The van der Waals surface area contributed by atoms with Gasteiger partial charge in [-0.3, -0.25) is 9.59 Å². The van der Waals surface area contributed by atoms with Crippen LogP contribution in [0.15, 0.2) is 24.3 Å². The number of carbonyl (C=O) groups is 2. The van der Waals surface area contributed by atoms with Crippen molar-refractivity contribution in [1.29, 1.82) is 0 Å². The first-order chi connectivity index (χ1) is 14.2. The average Bonchev–Trinajstić information content (AvgIpc) is 2.67. The molecule has 1 aliphatic heterocycles. The summed E-state index contributed by atoms with van der Waals surface area (Å²) >= 11 is 0. The Labute approximate surface area is 180 Å². The van der Waals surface area contributed by atoms with E-state index < -0.39 is 41.1 Å². The SMILES string of the molecule is CC1(C)OCC(C)(C)[C@H](C(=O)CCCC(O)C(=O)NCc2ccccc2C(F)(F)F)O1. The average molecular weight is 445 g/mol. The minimum atomic E-state index is -4.53. The Hall–Kier alpha value is -1.97. The van der Waals surface area contributed by atoms with Crippen molar-refractivity contribution in [3.05, 3.63) is 35.4 Å². The fourth-order valence-corrected chi connectivity index (χ4v) is 3.40. The number of aliphatic hydroxyl groups is 1. The monoisotopic (exact) mass is 445 g/mol. The van der Waals surface area contributed by atoms with Gasteiger partial charge in [-0.25, -0.2) is 0 Å². The molecule has 1 amide bonds. The highest BCUT2D eigenvalue weighted by Crippen LogP contribution is 2.36. The van der Waals surface area contributed by atoms with E-state index in [1.54, 1.807) is 13.8 Å². The topological polar surface area (TPSA) is 84.9 Å². The van der Waals surface area contributed by atoms with Crippen molar-refractivity contribution in [2.45, 2.75) is 77.7 Å². The van der Waals surface area contributed by atoms with Gasteiger partial charge < -0.3 is 19.9 Å². The molecule has 2 rings (SSSR count). The number of carbonyl (C=O) groups excluding carboxylic acids is 2. The third-order valence-corrected chi connectivity index (χ3v) is 5.17. The largest absolute Gasteiger partial charge is 0.416 e. The number of halogens is 3. The number of amides is 1. The first-order valence-corrected chi connectivity index (χ1v) is 10.2. The van der Waals surface area contributed by atoms with E-state index >= 15 is 0 Å². The lowest BCUT2D eigenvalue weighted by Gasteiger charge is -2.45. The second kappa shape index (κ2) is 9.67. The summed E-state index contributed by atoms with van der Waals surface area (Å²) in [6, 6.07) is 4.92. The molecule has 0 radical (unpaired) electrons. The van der Waals surface area contributed by atoms with Crippen molar-refractivity contribution in [1.82, 2.24) is 5.32 Å². The highest BCUT2D eigenvalue weighted by atomic mass is 19.4. The summed E-state index contributed by atoms with van der Waals surface area (Å²) in [6.45, 7) is 7.20. The Morgan fingerprint density at radius 3 is 2.52 bits per heavy atom. The zero-order valence-electron chi connectivity index (χ0n) is 18.2.